The average Bonchev–Trinajstić information content (AvgIpc) is 2.84. The second-order valence-corrected chi connectivity index (χ2v) is 10.4. The third-order valence-corrected chi connectivity index (χ3v) is 4.42. The average molecular weight is 579 g/mol. The summed E-state index contributed by atoms with van der Waals surface area (Å²) >= 11 is 0. The van der Waals surface area contributed by atoms with Gasteiger partial charge in [0.05, 0.1) is 85.7 Å². The standard InChI is InChI=1S/C26H50N4O10/c1-25(2,3)39-23(31)7-11-33-15-19-37-21-22-38-20-18-36-14-10-30(24(32)40-26(4,5)6)9-13-35-17-16-34-12-8-28-29-27/h7-22H2,1-6H3. The fourth-order valence-corrected chi connectivity index (χ4v) is 2.75. The molecule has 14 heteroatoms. The first-order valence-electron chi connectivity index (χ1n) is 13.6. The van der Waals surface area contributed by atoms with Crippen LogP contribution in [0.3, 0.4) is 0 Å². The number of esters is 1. The Hall–Kier alpha value is -2.19. The maximum Gasteiger partial charge on any atom is 0.410 e. The van der Waals surface area contributed by atoms with Crippen molar-refractivity contribution in [3.8, 4) is 0 Å². The molecule has 0 N–H and O–H groups in total. The zero-order valence-corrected chi connectivity index (χ0v) is 25.2. The van der Waals surface area contributed by atoms with Gasteiger partial charge < -0.3 is 42.8 Å². The topological polar surface area (TPSA) is 160 Å². The fourth-order valence-electron chi connectivity index (χ4n) is 2.75. The minimum Gasteiger partial charge on any atom is -0.460 e. The van der Waals surface area contributed by atoms with Crippen molar-refractivity contribution in [1.82, 2.24) is 4.90 Å². The molecule has 0 aromatic carbocycles. The van der Waals surface area contributed by atoms with E-state index in [-0.39, 0.29) is 18.9 Å². The minimum atomic E-state index is -0.612. The van der Waals surface area contributed by atoms with Crippen LogP contribution in [0.25, 0.3) is 10.4 Å². The summed E-state index contributed by atoms with van der Waals surface area (Å²) in [5, 5.41) is 3.38. The van der Waals surface area contributed by atoms with Crippen LogP contribution in [0.4, 0.5) is 4.79 Å². The zero-order valence-electron chi connectivity index (χ0n) is 25.2. The molecule has 0 aromatic rings. The molecule has 1 amide bonds. The number of nitrogens with zero attached hydrogens (tertiary/aromatic N) is 4. The molecule has 0 unspecified atom stereocenters. The van der Waals surface area contributed by atoms with Gasteiger partial charge in [-0.25, -0.2) is 4.79 Å². The van der Waals surface area contributed by atoms with E-state index in [1.54, 1.807) is 0 Å². The number of carbonyl (C=O) groups excluding carboxylic acids is 2. The lowest BCUT2D eigenvalue weighted by atomic mass is 10.2. The van der Waals surface area contributed by atoms with Crippen LogP contribution in [0, 0.1) is 0 Å². The van der Waals surface area contributed by atoms with Gasteiger partial charge in [-0.1, -0.05) is 5.11 Å². The quantitative estimate of drug-likeness (QED) is 0.0546. The molecule has 234 valence electrons. The molecule has 0 aliphatic rings. The Bertz CT molecular complexity index is 707. The summed E-state index contributed by atoms with van der Waals surface area (Å²) in [6.45, 7) is 16.3. The van der Waals surface area contributed by atoms with Gasteiger partial charge in [0.15, 0.2) is 0 Å². The second-order valence-electron chi connectivity index (χ2n) is 10.4. The number of ether oxygens (including phenoxy) is 8. The maximum absolute atomic E-state index is 12.5. The number of amides is 1. The van der Waals surface area contributed by atoms with Crippen LogP contribution >= 0.6 is 0 Å². The lowest BCUT2D eigenvalue weighted by Gasteiger charge is -2.27. The van der Waals surface area contributed by atoms with Gasteiger partial charge in [-0.2, -0.15) is 0 Å². The highest BCUT2D eigenvalue weighted by molar-refractivity contribution is 5.69. The molecule has 0 spiro atoms. The lowest BCUT2D eigenvalue weighted by molar-refractivity contribution is -0.156. The summed E-state index contributed by atoms with van der Waals surface area (Å²) in [6.07, 6.45) is -0.228. The van der Waals surface area contributed by atoms with E-state index in [9.17, 15) is 9.59 Å². The Balaban J connectivity index is 3.85. The molecule has 0 saturated carbocycles. The Morgan fingerprint density at radius 2 is 1.02 bits per heavy atom. The normalized spacial score (nSPS) is 11.7. The van der Waals surface area contributed by atoms with Gasteiger partial charge in [-0.15, -0.1) is 0 Å². The molecule has 0 bridgehead atoms. The van der Waals surface area contributed by atoms with Crippen molar-refractivity contribution in [2.75, 3.05) is 98.9 Å². The van der Waals surface area contributed by atoms with E-state index in [4.69, 9.17) is 43.4 Å². The van der Waals surface area contributed by atoms with E-state index in [1.807, 2.05) is 41.5 Å². The van der Waals surface area contributed by atoms with Crippen molar-refractivity contribution in [2.24, 2.45) is 5.11 Å². The number of rotatable bonds is 24. The van der Waals surface area contributed by atoms with Crippen molar-refractivity contribution in [3.63, 3.8) is 0 Å². The Morgan fingerprint density at radius 1 is 0.625 bits per heavy atom. The number of hydrogen-bond acceptors (Lipinski definition) is 11. The van der Waals surface area contributed by atoms with E-state index in [0.29, 0.717) is 92.4 Å². The highest BCUT2D eigenvalue weighted by atomic mass is 16.6. The van der Waals surface area contributed by atoms with Crippen LogP contribution in [0.5, 0.6) is 0 Å². The van der Waals surface area contributed by atoms with E-state index >= 15 is 0 Å². The van der Waals surface area contributed by atoms with Crippen molar-refractivity contribution >= 4 is 12.1 Å². The van der Waals surface area contributed by atoms with Gasteiger partial charge in [-0.05, 0) is 47.1 Å². The van der Waals surface area contributed by atoms with E-state index < -0.39 is 17.3 Å². The summed E-state index contributed by atoms with van der Waals surface area (Å²) in [5.74, 6) is -0.283. The van der Waals surface area contributed by atoms with E-state index in [1.165, 1.54) is 4.90 Å². The van der Waals surface area contributed by atoms with Crippen LogP contribution in [-0.4, -0.2) is 127 Å². The third kappa shape index (κ3) is 27.4. The third-order valence-electron chi connectivity index (χ3n) is 4.42. The molecule has 0 heterocycles. The maximum atomic E-state index is 12.5. The molecule has 0 aliphatic carbocycles. The largest absolute Gasteiger partial charge is 0.460 e. The first kappa shape index (κ1) is 37.8. The smallest absolute Gasteiger partial charge is 0.410 e. The first-order chi connectivity index (χ1) is 18.9. The number of azide groups is 1. The van der Waals surface area contributed by atoms with Crippen LogP contribution in [0.15, 0.2) is 5.11 Å². The van der Waals surface area contributed by atoms with Crippen molar-refractivity contribution in [3.05, 3.63) is 10.4 Å². The van der Waals surface area contributed by atoms with Gasteiger partial charge in [0.2, 0.25) is 0 Å². The number of carbonyl (C=O) groups is 2. The monoisotopic (exact) mass is 578 g/mol. The van der Waals surface area contributed by atoms with Gasteiger partial charge >= 0.3 is 12.1 Å². The summed E-state index contributed by atoms with van der Waals surface area (Å²) in [7, 11) is 0. The van der Waals surface area contributed by atoms with Crippen LogP contribution in [0.1, 0.15) is 48.0 Å². The van der Waals surface area contributed by atoms with Gasteiger partial charge in [-0.3, -0.25) is 4.79 Å². The molecular formula is C26H50N4O10. The summed E-state index contributed by atoms with van der Waals surface area (Å²) < 4.78 is 43.3. The molecule has 0 rings (SSSR count). The highest BCUT2D eigenvalue weighted by Crippen LogP contribution is 2.10. The van der Waals surface area contributed by atoms with Gasteiger partial charge in [0, 0.05) is 24.5 Å². The van der Waals surface area contributed by atoms with Gasteiger partial charge in [0.1, 0.15) is 11.2 Å². The highest BCUT2D eigenvalue weighted by Gasteiger charge is 2.22. The first-order valence-corrected chi connectivity index (χ1v) is 13.6. The summed E-state index contributed by atoms with van der Waals surface area (Å²) in [5.41, 5.74) is 7.11. The molecule has 40 heavy (non-hydrogen) atoms. The van der Waals surface area contributed by atoms with Gasteiger partial charge in [0.25, 0.3) is 0 Å². The van der Waals surface area contributed by atoms with E-state index in [0.717, 1.165) is 0 Å². The van der Waals surface area contributed by atoms with Crippen LogP contribution in [-0.2, 0) is 42.7 Å². The summed E-state index contributed by atoms with van der Waals surface area (Å²) in [6, 6.07) is 0. The molecule has 14 nitrogen and oxygen atoms in total. The van der Waals surface area contributed by atoms with Crippen LogP contribution in [0.2, 0.25) is 0 Å². The molecule has 0 radical (unpaired) electrons. The Labute approximate surface area is 238 Å². The predicted molar refractivity (Wildman–Crippen MR) is 147 cm³/mol. The number of hydrogen-bond donors (Lipinski definition) is 0. The minimum absolute atomic E-state index is 0.210. The fraction of sp³-hybridized carbons (Fsp3) is 0.923. The molecular weight excluding hydrogens is 528 g/mol. The Morgan fingerprint density at radius 3 is 1.45 bits per heavy atom. The van der Waals surface area contributed by atoms with Crippen molar-refractivity contribution < 1.29 is 47.5 Å². The van der Waals surface area contributed by atoms with Crippen molar-refractivity contribution in [2.45, 2.75) is 59.2 Å². The molecule has 0 aromatic heterocycles. The summed E-state index contributed by atoms with van der Waals surface area (Å²) in [4.78, 5) is 28.3. The second kappa shape index (κ2) is 23.5. The SMILES string of the molecule is CC(C)(C)OC(=O)CCOCCOCCOCCOCCN(CCOCCOCCN=[N+]=[N-])C(=O)OC(C)(C)C. The molecule has 0 atom stereocenters. The van der Waals surface area contributed by atoms with Crippen LogP contribution < -0.4 is 0 Å². The molecule has 0 aliphatic heterocycles. The zero-order chi connectivity index (χ0) is 30.1. The molecule has 0 fully saturated rings. The predicted octanol–water partition coefficient (Wildman–Crippen LogP) is 3.37. The van der Waals surface area contributed by atoms with Crippen molar-refractivity contribution in [1.29, 1.82) is 0 Å². The lowest BCUT2D eigenvalue weighted by Crippen LogP contribution is -2.40. The Kier molecular flexibility index (Phi) is 22.2. The van der Waals surface area contributed by atoms with E-state index in [2.05, 4.69) is 10.0 Å². The molecule has 0 saturated heterocycles.